The number of hydrogen-bond donors (Lipinski definition) is 3. The fourth-order valence-electron chi connectivity index (χ4n) is 1.85. The van der Waals surface area contributed by atoms with Crippen LogP contribution < -0.4 is 9.46 Å². The average molecular weight is 311 g/mol. The van der Waals surface area contributed by atoms with Crippen molar-refractivity contribution in [2.24, 2.45) is 0 Å². The molecule has 0 aliphatic carbocycles. The van der Waals surface area contributed by atoms with Gasteiger partial charge in [-0.25, -0.2) is 18.1 Å². The number of hydrogen-bond acceptors (Lipinski definition) is 5. The summed E-state index contributed by atoms with van der Waals surface area (Å²) in [6.45, 7) is 0.0450. The molecule has 0 aliphatic rings. The van der Waals surface area contributed by atoms with Crippen LogP contribution in [0.25, 0.3) is 0 Å². The fourth-order valence-corrected chi connectivity index (χ4v) is 3.03. The van der Waals surface area contributed by atoms with E-state index in [2.05, 4.69) is 14.7 Å². The smallest absolute Gasteiger partial charge is 0.244 e. The van der Waals surface area contributed by atoms with Crippen LogP contribution in [-0.2, 0) is 23.1 Å². The summed E-state index contributed by atoms with van der Waals surface area (Å²) < 4.78 is 32.1. The van der Waals surface area contributed by atoms with Crippen molar-refractivity contribution in [3.05, 3.63) is 42.0 Å². The molecule has 2 aromatic rings. The molecule has 0 radical (unpaired) electrons. The molecule has 0 aliphatic heterocycles. The summed E-state index contributed by atoms with van der Waals surface area (Å²) in [5, 5.41) is 9.07. The van der Waals surface area contributed by atoms with Crippen LogP contribution in [0.2, 0.25) is 0 Å². The number of aromatic nitrogens is 2. The molecule has 0 unspecified atom stereocenters. The number of methoxy groups -OCH3 is 1. The Morgan fingerprint density at radius 1 is 1.43 bits per heavy atom. The lowest BCUT2D eigenvalue weighted by Gasteiger charge is -2.11. The van der Waals surface area contributed by atoms with E-state index in [0.29, 0.717) is 17.8 Å². The van der Waals surface area contributed by atoms with Gasteiger partial charge in [-0.3, -0.25) is 0 Å². The summed E-state index contributed by atoms with van der Waals surface area (Å²) in [6.07, 6.45) is 3.75. The number of sulfonamides is 1. The van der Waals surface area contributed by atoms with Gasteiger partial charge in [0.15, 0.2) is 0 Å². The quantitative estimate of drug-likeness (QED) is 0.688. The highest BCUT2D eigenvalue weighted by Crippen LogP contribution is 2.24. The first kappa shape index (κ1) is 15.5. The van der Waals surface area contributed by atoms with Crippen LogP contribution in [0, 0.1) is 0 Å². The van der Waals surface area contributed by atoms with Crippen LogP contribution >= 0.6 is 0 Å². The number of nitrogens with zero attached hydrogens (tertiary/aromatic N) is 1. The van der Waals surface area contributed by atoms with Crippen molar-refractivity contribution < 1.29 is 18.3 Å². The third-order valence-electron chi connectivity index (χ3n) is 2.91. The number of aliphatic hydroxyl groups excluding tert-OH is 1. The van der Waals surface area contributed by atoms with Gasteiger partial charge in [0.1, 0.15) is 16.5 Å². The zero-order valence-electron chi connectivity index (χ0n) is 11.5. The second-order valence-corrected chi connectivity index (χ2v) is 6.06. The summed E-state index contributed by atoms with van der Waals surface area (Å²) >= 11 is 0. The van der Waals surface area contributed by atoms with E-state index in [1.165, 1.54) is 19.2 Å². The molecule has 21 heavy (non-hydrogen) atoms. The average Bonchev–Trinajstić information content (AvgIpc) is 2.99. The minimum Gasteiger partial charge on any atom is -0.495 e. The van der Waals surface area contributed by atoms with Crippen LogP contribution in [0.5, 0.6) is 5.75 Å². The number of rotatable bonds is 7. The van der Waals surface area contributed by atoms with E-state index in [0.717, 1.165) is 0 Å². The lowest BCUT2D eigenvalue weighted by Crippen LogP contribution is -2.26. The van der Waals surface area contributed by atoms with Crippen LogP contribution in [0.4, 0.5) is 0 Å². The predicted octanol–water partition coefficient (Wildman–Crippen LogP) is 0.432. The van der Waals surface area contributed by atoms with Crippen LogP contribution in [0.15, 0.2) is 35.5 Å². The van der Waals surface area contributed by atoms with Gasteiger partial charge < -0.3 is 14.8 Å². The first-order chi connectivity index (χ1) is 10.1. The molecule has 0 saturated heterocycles. The Morgan fingerprint density at radius 2 is 2.24 bits per heavy atom. The fraction of sp³-hybridized carbons (Fsp3) is 0.308. The highest BCUT2D eigenvalue weighted by molar-refractivity contribution is 7.89. The number of imidazole rings is 1. The molecule has 3 N–H and O–H groups in total. The van der Waals surface area contributed by atoms with Gasteiger partial charge in [0.2, 0.25) is 10.0 Å². The van der Waals surface area contributed by atoms with E-state index >= 15 is 0 Å². The Kier molecular flexibility index (Phi) is 4.94. The highest BCUT2D eigenvalue weighted by atomic mass is 32.2. The molecule has 1 aromatic heterocycles. The number of nitrogens with one attached hydrogen (secondary N) is 2. The molecule has 114 valence electrons. The van der Waals surface area contributed by atoms with E-state index in [1.54, 1.807) is 18.5 Å². The van der Waals surface area contributed by atoms with Gasteiger partial charge in [0.05, 0.1) is 13.7 Å². The van der Waals surface area contributed by atoms with Crippen molar-refractivity contribution in [1.82, 2.24) is 14.7 Å². The van der Waals surface area contributed by atoms with Gasteiger partial charge in [-0.1, -0.05) is 6.07 Å². The Bertz CT molecular complexity index is 683. The topological polar surface area (TPSA) is 104 Å². The maximum Gasteiger partial charge on any atom is 0.244 e. The zero-order valence-corrected chi connectivity index (χ0v) is 12.4. The summed E-state index contributed by atoms with van der Waals surface area (Å²) in [7, 11) is -2.29. The molecule has 7 nitrogen and oxygen atoms in total. The third-order valence-corrected chi connectivity index (χ3v) is 4.41. The first-order valence-corrected chi connectivity index (χ1v) is 7.81. The van der Waals surface area contributed by atoms with Gasteiger partial charge in [-0.15, -0.1) is 0 Å². The van der Waals surface area contributed by atoms with Crippen LogP contribution in [-0.4, -0.2) is 37.1 Å². The normalized spacial score (nSPS) is 11.5. The van der Waals surface area contributed by atoms with Crippen molar-refractivity contribution in [2.75, 3.05) is 13.7 Å². The minimum atomic E-state index is -3.68. The lowest BCUT2D eigenvalue weighted by molar-refractivity contribution is 0.280. The van der Waals surface area contributed by atoms with E-state index in [-0.39, 0.29) is 23.8 Å². The SMILES string of the molecule is COc1cc(CO)ccc1S(=O)(=O)NCCc1ncc[nH]1. The van der Waals surface area contributed by atoms with Crippen molar-refractivity contribution in [3.63, 3.8) is 0 Å². The summed E-state index contributed by atoms with van der Waals surface area (Å²) in [6, 6.07) is 4.46. The molecule has 0 bridgehead atoms. The molecular weight excluding hydrogens is 294 g/mol. The molecule has 8 heteroatoms. The monoisotopic (exact) mass is 311 g/mol. The maximum atomic E-state index is 12.3. The largest absolute Gasteiger partial charge is 0.495 e. The Balaban J connectivity index is 2.11. The zero-order chi connectivity index (χ0) is 15.3. The third kappa shape index (κ3) is 3.81. The minimum absolute atomic E-state index is 0.0432. The number of aliphatic hydroxyl groups is 1. The molecule has 1 heterocycles. The number of benzene rings is 1. The van der Waals surface area contributed by atoms with Crippen molar-refractivity contribution in [3.8, 4) is 5.75 Å². The molecule has 0 atom stereocenters. The maximum absolute atomic E-state index is 12.3. The standard InChI is InChI=1S/C13H17N3O4S/c1-20-11-8-10(9-17)2-3-12(11)21(18,19)16-5-4-13-14-6-7-15-13/h2-3,6-8,16-17H,4-5,9H2,1H3,(H,14,15). The van der Waals surface area contributed by atoms with E-state index < -0.39 is 10.0 Å². The second-order valence-electron chi connectivity index (χ2n) is 4.33. The van der Waals surface area contributed by atoms with Crippen LogP contribution in [0.3, 0.4) is 0 Å². The van der Waals surface area contributed by atoms with Crippen molar-refractivity contribution in [1.29, 1.82) is 0 Å². The van der Waals surface area contributed by atoms with Gasteiger partial charge >= 0.3 is 0 Å². The van der Waals surface area contributed by atoms with E-state index in [1.807, 2.05) is 0 Å². The molecule has 2 rings (SSSR count). The summed E-state index contributed by atoms with van der Waals surface area (Å²) in [5.74, 6) is 0.910. The molecule has 0 spiro atoms. The Morgan fingerprint density at radius 3 is 2.86 bits per heavy atom. The van der Waals surface area contributed by atoms with Crippen molar-refractivity contribution >= 4 is 10.0 Å². The molecule has 0 fully saturated rings. The van der Waals surface area contributed by atoms with E-state index in [9.17, 15) is 8.42 Å². The molecule has 1 aromatic carbocycles. The van der Waals surface area contributed by atoms with Gasteiger partial charge in [-0.05, 0) is 17.7 Å². The van der Waals surface area contributed by atoms with Gasteiger partial charge in [0.25, 0.3) is 0 Å². The molecule has 0 saturated carbocycles. The Labute approximate surface area is 123 Å². The second kappa shape index (κ2) is 6.70. The summed E-state index contributed by atoms with van der Waals surface area (Å²) in [4.78, 5) is 6.97. The predicted molar refractivity (Wildman–Crippen MR) is 76.4 cm³/mol. The van der Waals surface area contributed by atoms with Crippen molar-refractivity contribution in [2.45, 2.75) is 17.9 Å². The number of H-pyrrole nitrogens is 1. The summed E-state index contributed by atoms with van der Waals surface area (Å²) in [5.41, 5.74) is 0.585. The molecular formula is C13H17N3O4S. The lowest BCUT2D eigenvalue weighted by atomic mass is 10.2. The molecule has 0 amide bonds. The number of ether oxygens (including phenoxy) is 1. The van der Waals surface area contributed by atoms with Gasteiger partial charge in [-0.2, -0.15) is 0 Å². The van der Waals surface area contributed by atoms with Gasteiger partial charge in [0, 0.05) is 25.4 Å². The van der Waals surface area contributed by atoms with E-state index in [4.69, 9.17) is 9.84 Å². The highest BCUT2D eigenvalue weighted by Gasteiger charge is 2.19. The number of aromatic amines is 1. The Hall–Kier alpha value is -1.90. The van der Waals surface area contributed by atoms with Crippen LogP contribution in [0.1, 0.15) is 11.4 Å². The first-order valence-electron chi connectivity index (χ1n) is 6.32.